The fraction of sp³-hybridized carbons (Fsp3) is 0.474. The number of carbonyl (C=O) groups excluding carboxylic acids is 1. The molecule has 0 aliphatic carbocycles. The Hall–Kier alpha value is -2.15. The molecule has 0 amide bonds. The van der Waals surface area contributed by atoms with Gasteiger partial charge in [0.1, 0.15) is 29.2 Å². The van der Waals surface area contributed by atoms with E-state index >= 15 is 0 Å². The Morgan fingerprint density at radius 2 is 1.73 bits per heavy atom. The lowest BCUT2D eigenvalue weighted by molar-refractivity contribution is -0.133. The van der Waals surface area contributed by atoms with Crippen LogP contribution in [-0.4, -0.2) is 35.4 Å². The summed E-state index contributed by atoms with van der Waals surface area (Å²) in [4.78, 5) is 22.9. The van der Waals surface area contributed by atoms with Crippen molar-refractivity contribution in [3.05, 3.63) is 35.4 Å². The molecule has 1 unspecified atom stereocenters. The van der Waals surface area contributed by atoms with E-state index in [2.05, 4.69) is 12.2 Å². The van der Waals surface area contributed by atoms with Gasteiger partial charge < -0.3 is 19.9 Å². The molecule has 1 heterocycles. The molecule has 1 aliphatic heterocycles. The molecule has 1 atom stereocenters. The number of thioether (sulfide) groups is 1. The van der Waals surface area contributed by atoms with Crippen LogP contribution < -0.4 is 14.8 Å². The van der Waals surface area contributed by atoms with Crippen molar-refractivity contribution < 1.29 is 24.2 Å². The number of ketones is 1. The lowest BCUT2D eigenvalue weighted by Gasteiger charge is -2.12. The van der Waals surface area contributed by atoms with Crippen molar-refractivity contribution >= 4 is 23.5 Å². The lowest BCUT2D eigenvalue weighted by Crippen LogP contribution is -2.34. The number of Topliss-reactive ketones (excluding diaryl/α,β-unsaturated/α-hetero) is 1. The highest BCUT2D eigenvalue weighted by molar-refractivity contribution is 8.03. The number of nitrogens with one attached hydrogen (secondary N) is 1. The number of carbonyl (C=O) groups is 2. The molecule has 0 spiro atoms. The van der Waals surface area contributed by atoms with Crippen LogP contribution in [0, 0.1) is 0 Å². The highest BCUT2D eigenvalue weighted by Gasteiger charge is 2.27. The summed E-state index contributed by atoms with van der Waals surface area (Å²) in [5.74, 6) is 0.0649. The predicted molar refractivity (Wildman–Crippen MR) is 101 cm³/mol. The van der Waals surface area contributed by atoms with Crippen LogP contribution in [-0.2, 0) is 9.59 Å². The van der Waals surface area contributed by atoms with Crippen molar-refractivity contribution in [3.8, 4) is 11.5 Å². The lowest BCUT2D eigenvalue weighted by atomic mass is 10.2. The Morgan fingerprint density at radius 3 is 2.35 bits per heavy atom. The molecule has 2 N–H and O–H groups in total. The number of hydrogen-bond donors (Lipinski definition) is 2. The van der Waals surface area contributed by atoms with Gasteiger partial charge in [0.05, 0.1) is 6.61 Å². The number of unbranched alkanes of at least 4 members (excludes halogenated alkanes) is 4. The molecular formula is C19H25NO5S. The van der Waals surface area contributed by atoms with E-state index < -0.39 is 11.3 Å². The average Bonchev–Trinajstić information content (AvgIpc) is 3.14. The van der Waals surface area contributed by atoms with Crippen molar-refractivity contribution in [1.82, 2.24) is 5.32 Å². The van der Waals surface area contributed by atoms with Gasteiger partial charge >= 0.3 is 5.97 Å². The van der Waals surface area contributed by atoms with Crippen LogP contribution in [0.2, 0.25) is 0 Å². The molecule has 7 heteroatoms. The Kier molecular flexibility index (Phi) is 8.34. The zero-order valence-corrected chi connectivity index (χ0v) is 15.7. The molecule has 0 bridgehead atoms. The van der Waals surface area contributed by atoms with Crippen LogP contribution >= 0.6 is 11.8 Å². The fourth-order valence-electron chi connectivity index (χ4n) is 2.37. The topological polar surface area (TPSA) is 84.9 Å². The quantitative estimate of drug-likeness (QED) is 0.537. The van der Waals surface area contributed by atoms with Gasteiger partial charge in [0.25, 0.3) is 0 Å². The molecular weight excluding hydrogens is 354 g/mol. The molecule has 0 saturated carbocycles. The summed E-state index contributed by atoms with van der Waals surface area (Å²) >= 11 is 1.14. The normalized spacial score (nSPS) is 15.9. The minimum absolute atomic E-state index is 0.0320. The largest absolute Gasteiger partial charge is 0.494 e. The van der Waals surface area contributed by atoms with E-state index in [-0.39, 0.29) is 18.1 Å². The first-order valence-corrected chi connectivity index (χ1v) is 9.78. The Morgan fingerprint density at radius 1 is 1.08 bits per heavy atom. The third kappa shape index (κ3) is 6.63. The van der Waals surface area contributed by atoms with Crippen LogP contribution in [0.5, 0.6) is 11.5 Å². The van der Waals surface area contributed by atoms with Crippen molar-refractivity contribution in [1.29, 1.82) is 0 Å². The molecule has 1 aliphatic rings. The van der Waals surface area contributed by atoms with Crippen molar-refractivity contribution in [2.24, 2.45) is 0 Å². The molecule has 6 nitrogen and oxygen atoms in total. The van der Waals surface area contributed by atoms with Crippen LogP contribution in [0.15, 0.2) is 35.4 Å². The third-order valence-electron chi connectivity index (χ3n) is 3.85. The van der Waals surface area contributed by atoms with Gasteiger partial charge in [-0.3, -0.25) is 4.79 Å². The number of carboxylic acids is 1. The van der Waals surface area contributed by atoms with E-state index in [0.29, 0.717) is 12.4 Å². The van der Waals surface area contributed by atoms with Crippen molar-refractivity contribution in [3.63, 3.8) is 0 Å². The smallest absolute Gasteiger partial charge is 0.352 e. The van der Waals surface area contributed by atoms with Crippen LogP contribution in [0.4, 0.5) is 0 Å². The number of aliphatic carboxylic acids is 1. The minimum atomic E-state index is -1.07. The summed E-state index contributed by atoms with van der Waals surface area (Å²) in [6.07, 6.45) is 5.98. The second-order valence-electron chi connectivity index (χ2n) is 5.99. The maximum atomic E-state index is 12.0. The zero-order valence-electron chi connectivity index (χ0n) is 14.9. The van der Waals surface area contributed by atoms with Crippen LogP contribution in [0.3, 0.4) is 0 Å². The number of rotatable bonds is 12. The zero-order chi connectivity index (χ0) is 18.8. The highest BCUT2D eigenvalue weighted by Crippen LogP contribution is 2.22. The summed E-state index contributed by atoms with van der Waals surface area (Å²) in [7, 11) is 0. The molecule has 1 aromatic carbocycles. The molecule has 1 aromatic rings. The van der Waals surface area contributed by atoms with Gasteiger partial charge in [-0.2, -0.15) is 0 Å². The molecule has 0 saturated heterocycles. The molecule has 142 valence electrons. The van der Waals surface area contributed by atoms with E-state index in [0.717, 1.165) is 23.9 Å². The van der Waals surface area contributed by atoms with Crippen molar-refractivity contribution in [2.75, 3.05) is 13.2 Å². The molecule has 0 radical (unpaired) electrons. The number of ether oxygens (including phenoxy) is 2. The summed E-state index contributed by atoms with van der Waals surface area (Å²) in [6.45, 7) is 2.77. The third-order valence-corrected chi connectivity index (χ3v) is 4.88. The van der Waals surface area contributed by atoms with Crippen LogP contribution in [0.1, 0.15) is 39.0 Å². The number of carboxylic acid groups (broad SMARTS) is 1. The SMILES string of the molecule is CCCCCCCOc1ccc(OCC(=O)C2NC(C(=O)O)=CS2)cc1. The van der Waals surface area contributed by atoms with Gasteiger partial charge in [0.15, 0.2) is 0 Å². The first kappa shape index (κ1) is 20.2. The maximum absolute atomic E-state index is 12.0. The Bertz CT molecular complexity index is 629. The number of hydrogen-bond acceptors (Lipinski definition) is 6. The second-order valence-corrected chi connectivity index (χ2v) is 6.97. The van der Waals surface area contributed by atoms with E-state index in [9.17, 15) is 9.59 Å². The summed E-state index contributed by atoms with van der Waals surface area (Å²) in [5.41, 5.74) is 0.0320. The second kappa shape index (κ2) is 10.8. The van der Waals surface area contributed by atoms with Crippen molar-refractivity contribution in [2.45, 2.75) is 44.4 Å². The first-order chi connectivity index (χ1) is 12.6. The fourth-order valence-corrected chi connectivity index (χ4v) is 3.23. The van der Waals surface area contributed by atoms with Gasteiger partial charge in [-0.15, -0.1) is 0 Å². The molecule has 0 aromatic heterocycles. The average molecular weight is 379 g/mol. The van der Waals surface area contributed by atoms with Gasteiger partial charge in [0.2, 0.25) is 5.78 Å². The Balaban J connectivity index is 1.66. The summed E-state index contributed by atoms with van der Waals surface area (Å²) in [6, 6.07) is 7.16. The van der Waals surface area contributed by atoms with E-state index in [1.807, 2.05) is 12.1 Å². The van der Waals surface area contributed by atoms with Gasteiger partial charge in [-0.05, 0) is 30.7 Å². The first-order valence-electron chi connectivity index (χ1n) is 8.84. The number of benzene rings is 1. The van der Waals surface area contributed by atoms with E-state index in [1.165, 1.54) is 31.1 Å². The summed E-state index contributed by atoms with van der Waals surface area (Å²) in [5, 5.41) is 12.3. The molecule has 26 heavy (non-hydrogen) atoms. The summed E-state index contributed by atoms with van der Waals surface area (Å²) < 4.78 is 11.2. The Labute approximate surface area is 157 Å². The monoisotopic (exact) mass is 379 g/mol. The van der Waals surface area contributed by atoms with E-state index in [4.69, 9.17) is 14.6 Å². The van der Waals surface area contributed by atoms with Gasteiger partial charge in [0, 0.05) is 5.41 Å². The molecule has 2 rings (SSSR count). The van der Waals surface area contributed by atoms with Gasteiger partial charge in [-0.25, -0.2) is 4.79 Å². The molecule has 0 fully saturated rings. The minimum Gasteiger partial charge on any atom is -0.494 e. The van der Waals surface area contributed by atoms with Gasteiger partial charge in [-0.1, -0.05) is 44.4 Å². The standard InChI is InChI=1S/C19H25NO5S/c1-2-3-4-5-6-11-24-14-7-9-15(10-8-14)25-12-17(21)18-20-16(13-26-18)19(22)23/h7-10,13,18,20H,2-6,11-12H2,1H3,(H,22,23). The predicted octanol–water partition coefficient (Wildman–Crippen LogP) is 3.57. The van der Waals surface area contributed by atoms with E-state index in [1.54, 1.807) is 12.1 Å². The van der Waals surface area contributed by atoms with Crippen LogP contribution in [0.25, 0.3) is 0 Å². The highest BCUT2D eigenvalue weighted by atomic mass is 32.2. The maximum Gasteiger partial charge on any atom is 0.352 e.